The minimum absolute atomic E-state index is 0.390. The molecule has 0 radical (unpaired) electrons. The molecule has 0 bridgehead atoms. The first-order valence-corrected chi connectivity index (χ1v) is 7.07. The molecular weight excluding hydrogens is 222 g/mol. The van der Waals surface area contributed by atoms with Gasteiger partial charge in [-0.3, -0.25) is 4.31 Å². The summed E-state index contributed by atoms with van der Waals surface area (Å²) in [6, 6.07) is 9.25. The molecule has 0 unspecified atom stereocenters. The van der Waals surface area contributed by atoms with Crippen LogP contribution in [0, 0.1) is 0 Å². The highest BCUT2D eigenvalue weighted by Crippen LogP contribution is 2.20. The van der Waals surface area contributed by atoms with Crippen LogP contribution in [0.1, 0.15) is 27.2 Å². The molecule has 0 saturated heterocycles. The van der Waals surface area contributed by atoms with Crippen molar-refractivity contribution in [2.75, 3.05) is 10.8 Å². The van der Waals surface area contributed by atoms with E-state index in [1.807, 2.05) is 37.3 Å². The Morgan fingerprint density at radius 1 is 1.19 bits per heavy atom. The van der Waals surface area contributed by atoms with Gasteiger partial charge in [-0.15, -0.1) is 0 Å². The largest absolute Gasteiger partial charge is 0.270 e. The van der Waals surface area contributed by atoms with Gasteiger partial charge in [-0.2, -0.15) is 0 Å². The Morgan fingerprint density at radius 2 is 1.75 bits per heavy atom. The molecule has 4 heteroatoms. The summed E-state index contributed by atoms with van der Waals surface area (Å²) in [5.74, 6) is 0. The first kappa shape index (κ1) is 13.0. The van der Waals surface area contributed by atoms with Crippen LogP contribution < -0.4 is 4.31 Å². The molecule has 3 nitrogen and oxygen atoms in total. The van der Waals surface area contributed by atoms with E-state index >= 15 is 0 Å². The summed E-state index contributed by atoms with van der Waals surface area (Å²) in [6.45, 7) is 5.93. The molecule has 1 rings (SSSR count). The Bertz CT molecular complexity index is 412. The summed E-state index contributed by atoms with van der Waals surface area (Å²) in [5.41, 5.74) is 0.748. The fourth-order valence-corrected chi connectivity index (χ4v) is 2.82. The highest BCUT2D eigenvalue weighted by atomic mass is 32.2. The number of nitrogens with zero attached hydrogens (tertiary/aromatic N) is 1. The lowest BCUT2D eigenvalue weighted by molar-refractivity contribution is 0.581. The number of sulfonamides is 1. The Kier molecular flexibility index (Phi) is 4.35. The SMILES string of the molecule is CCCN(c1ccccc1)S(=O)(=O)C(C)C. The third-order valence-electron chi connectivity index (χ3n) is 2.37. The molecule has 1 aromatic carbocycles. The fourth-order valence-electron chi connectivity index (χ4n) is 1.46. The van der Waals surface area contributed by atoms with Crippen molar-refractivity contribution in [1.82, 2.24) is 0 Å². The van der Waals surface area contributed by atoms with E-state index in [0.717, 1.165) is 12.1 Å². The monoisotopic (exact) mass is 241 g/mol. The molecule has 0 saturated carbocycles. The van der Waals surface area contributed by atoms with Gasteiger partial charge in [0, 0.05) is 6.54 Å². The van der Waals surface area contributed by atoms with Crippen molar-refractivity contribution in [3.05, 3.63) is 30.3 Å². The van der Waals surface area contributed by atoms with Gasteiger partial charge in [0.05, 0.1) is 10.9 Å². The van der Waals surface area contributed by atoms with Gasteiger partial charge in [0.1, 0.15) is 0 Å². The Hall–Kier alpha value is -1.03. The van der Waals surface area contributed by atoms with Gasteiger partial charge in [0.15, 0.2) is 0 Å². The van der Waals surface area contributed by atoms with Gasteiger partial charge >= 0.3 is 0 Å². The summed E-state index contributed by atoms with van der Waals surface area (Å²) in [6.07, 6.45) is 0.806. The summed E-state index contributed by atoms with van der Waals surface area (Å²) in [4.78, 5) is 0. The van der Waals surface area contributed by atoms with Crippen LogP contribution in [0.5, 0.6) is 0 Å². The molecule has 0 aliphatic rings. The molecule has 0 spiro atoms. The van der Waals surface area contributed by atoms with Crippen LogP contribution in [0.2, 0.25) is 0 Å². The maximum Gasteiger partial charge on any atom is 0.237 e. The number of hydrogen-bond acceptors (Lipinski definition) is 2. The molecule has 0 atom stereocenters. The lowest BCUT2D eigenvalue weighted by Gasteiger charge is -2.25. The molecule has 0 aromatic heterocycles. The maximum absolute atomic E-state index is 12.1. The number of benzene rings is 1. The van der Waals surface area contributed by atoms with Gasteiger partial charge in [0.25, 0.3) is 0 Å². The number of anilines is 1. The van der Waals surface area contributed by atoms with Crippen LogP contribution in [0.15, 0.2) is 30.3 Å². The Balaban J connectivity index is 3.11. The normalized spacial score (nSPS) is 11.8. The smallest absolute Gasteiger partial charge is 0.237 e. The van der Waals surface area contributed by atoms with E-state index in [1.54, 1.807) is 13.8 Å². The van der Waals surface area contributed by atoms with E-state index in [9.17, 15) is 8.42 Å². The minimum Gasteiger partial charge on any atom is -0.270 e. The van der Waals surface area contributed by atoms with Crippen molar-refractivity contribution in [1.29, 1.82) is 0 Å². The van der Waals surface area contributed by atoms with E-state index in [1.165, 1.54) is 4.31 Å². The lowest BCUT2D eigenvalue weighted by atomic mass is 10.3. The molecule has 90 valence electrons. The van der Waals surface area contributed by atoms with Gasteiger partial charge in [-0.25, -0.2) is 8.42 Å². The van der Waals surface area contributed by atoms with Crippen LogP contribution in [0.3, 0.4) is 0 Å². The van der Waals surface area contributed by atoms with Crippen molar-refractivity contribution in [3.8, 4) is 0 Å². The molecular formula is C12H19NO2S. The minimum atomic E-state index is -3.22. The van der Waals surface area contributed by atoms with Crippen molar-refractivity contribution >= 4 is 15.7 Å². The second-order valence-corrected chi connectivity index (χ2v) is 6.41. The molecule has 0 amide bonds. The van der Waals surface area contributed by atoms with Crippen molar-refractivity contribution in [2.45, 2.75) is 32.4 Å². The van der Waals surface area contributed by atoms with Gasteiger partial charge in [-0.05, 0) is 32.4 Å². The summed E-state index contributed by atoms with van der Waals surface area (Å²) in [5, 5.41) is -0.390. The number of para-hydroxylation sites is 1. The lowest BCUT2D eigenvalue weighted by Crippen LogP contribution is -2.36. The zero-order valence-corrected chi connectivity index (χ0v) is 10.9. The molecule has 0 fully saturated rings. The van der Waals surface area contributed by atoms with Crippen LogP contribution >= 0.6 is 0 Å². The molecule has 0 heterocycles. The van der Waals surface area contributed by atoms with E-state index in [0.29, 0.717) is 6.54 Å². The summed E-state index contributed by atoms with van der Waals surface area (Å²) >= 11 is 0. The van der Waals surface area contributed by atoms with E-state index in [4.69, 9.17) is 0 Å². The number of rotatable bonds is 5. The number of hydrogen-bond donors (Lipinski definition) is 0. The Labute approximate surface area is 98.1 Å². The summed E-state index contributed by atoms with van der Waals surface area (Å²) < 4.78 is 25.8. The highest BCUT2D eigenvalue weighted by Gasteiger charge is 2.24. The predicted molar refractivity (Wildman–Crippen MR) is 68.1 cm³/mol. The van der Waals surface area contributed by atoms with E-state index in [2.05, 4.69) is 0 Å². The summed E-state index contributed by atoms with van der Waals surface area (Å²) in [7, 11) is -3.22. The predicted octanol–water partition coefficient (Wildman–Crippen LogP) is 2.64. The molecule has 0 aliphatic carbocycles. The van der Waals surface area contributed by atoms with Crippen molar-refractivity contribution in [3.63, 3.8) is 0 Å². The highest BCUT2D eigenvalue weighted by molar-refractivity contribution is 7.93. The van der Waals surface area contributed by atoms with Crippen molar-refractivity contribution in [2.24, 2.45) is 0 Å². The van der Waals surface area contributed by atoms with Crippen LogP contribution in [-0.4, -0.2) is 20.2 Å². The van der Waals surface area contributed by atoms with E-state index < -0.39 is 10.0 Å². The fraction of sp³-hybridized carbons (Fsp3) is 0.500. The molecule has 0 N–H and O–H groups in total. The second kappa shape index (κ2) is 5.34. The first-order valence-electron chi connectivity index (χ1n) is 5.56. The average Bonchev–Trinajstić information content (AvgIpc) is 2.26. The topological polar surface area (TPSA) is 37.4 Å². The van der Waals surface area contributed by atoms with Crippen molar-refractivity contribution < 1.29 is 8.42 Å². The molecule has 0 aliphatic heterocycles. The molecule has 16 heavy (non-hydrogen) atoms. The van der Waals surface area contributed by atoms with Gasteiger partial charge in [0.2, 0.25) is 10.0 Å². The Morgan fingerprint density at radius 3 is 2.19 bits per heavy atom. The van der Waals surface area contributed by atoms with Crippen LogP contribution in [0.4, 0.5) is 5.69 Å². The quantitative estimate of drug-likeness (QED) is 0.794. The second-order valence-electron chi connectivity index (χ2n) is 4.00. The van der Waals surface area contributed by atoms with Gasteiger partial charge in [-0.1, -0.05) is 25.1 Å². The molecule has 1 aromatic rings. The third-order valence-corrected chi connectivity index (χ3v) is 4.57. The van der Waals surface area contributed by atoms with Gasteiger partial charge < -0.3 is 0 Å². The zero-order chi connectivity index (χ0) is 12.2. The first-order chi connectivity index (χ1) is 7.50. The van der Waals surface area contributed by atoms with Crippen LogP contribution in [0.25, 0.3) is 0 Å². The third kappa shape index (κ3) is 2.76. The van der Waals surface area contributed by atoms with E-state index in [-0.39, 0.29) is 5.25 Å². The standard InChI is InChI=1S/C12H19NO2S/c1-4-10-13(16(14,15)11(2)3)12-8-6-5-7-9-12/h5-9,11H,4,10H2,1-3H3. The maximum atomic E-state index is 12.1. The average molecular weight is 241 g/mol. The zero-order valence-electron chi connectivity index (χ0n) is 10.1. The van der Waals surface area contributed by atoms with Crippen LogP contribution in [-0.2, 0) is 10.0 Å².